The van der Waals surface area contributed by atoms with Crippen LogP contribution < -0.4 is 10.6 Å². The molecule has 3 rings (SSSR count). The number of nitrogens with one attached hydrogen (secondary N) is 2. The Morgan fingerprint density at radius 3 is 2.60 bits per heavy atom. The Labute approximate surface area is 148 Å². The molecule has 0 fully saturated rings. The number of anilines is 2. The molecule has 6 nitrogen and oxygen atoms in total. The monoisotopic (exact) mass is 358 g/mol. The third-order valence-electron chi connectivity index (χ3n) is 4.06. The van der Waals surface area contributed by atoms with Crippen LogP contribution in [0.4, 0.5) is 10.7 Å². The molecule has 7 heteroatoms. The number of carboxylic acid groups (broad SMARTS) is 1. The largest absolute Gasteiger partial charge is 0.478 e. The highest BCUT2D eigenvalue weighted by atomic mass is 32.1. The summed E-state index contributed by atoms with van der Waals surface area (Å²) in [5.41, 5.74) is 1.94. The average Bonchev–Trinajstić information content (AvgIpc) is 2.92. The fourth-order valence-electron chi connectivity index (χ4n) is 3.00. The van der Waals surface area contributed by atoms with Gasteiger partial charge in [0.15, 0.2) is 0 Å². The number of aromatic carboxylic acids is 1. The molecule has 0 bridgehead atoms. The third kappa shape index (κ3) is 3.71. The van der Waals surface area contributed by atoms with Crippen LogP contribution in [-0.2, 0) is 17.6 Å². The highest BCUT2D eigenvalue weighted by Gasteiger charge is 2.26. The number of carbonyl (C=O) groups excluding carboxylic acids is 2. The number of thiophene rings is 1. The molecule has 25 heavy (non-hydrogen) atoms. The van der Waals surface area contributed by atoms with Gasteiger partial charge in [0.2, 0.25) is 5.91 Å². The first kappa shape index (κ1) is 17.2. The fraction of sp³-hybridized carbons (Fsp3) is 0.278. The first-order valence-electron chi connectivity index (χ1n) is 8.02. The molecular weight excluding hydrogens is 340 g/mol. The van der Waals surface area contributed by atoms with Crippen LogP contribution in [0.2, 0.25) is 0 Å². The first-order valence-corrected chi connectivity index (χ1v) is 8.84. The standard InChI is InChI=1S/C18H18N2O4S/c1-10(21)19-12-6-4-5-11(9-12)16(22)20-17-15(18(23)24)13-7-2-3-8-14(13)25-17/h4-6,9H,2-3,7-8H2,1H3,(H,19,21)(H,20,22)(H,23,24). The molecule has 1 aliphatic rings. The van der Waals surface area contributed by atoms with Gasteiger partial charge >= 0.3 is 5.97 Å². The Balaban J connectivity index is 1.87. The van der Waals surface area contributed by atoms with E-state index in [4.69, 9.17) is 0 Å². The number of hydrogen-bond acceptors (Lipinski definition) is 4. The van der Waals surface area contributed by atoms with Gasteiger partial charge in [-0.05, 0) is 49.4 Å². The number of carbonyl (C=O) groups is 3. The SMILES string of the molecule is CC(=O)Nc1cccc(C(=O)Nc2sc3c(c2C(=O)O)CCCC3)c1. The molecule has 0 aliphatic heterocycles. The van der Waals surface area contributed by atoms with E-state index in [-0.39, 0.29) is 11.5 Å². The Hall–Kier alpha value is -2.67. The summed E-state index contributed by atoms with van der Waals surface area (Å²) in [4.78, 5) is 36.4. The van der Waals surface area contributed by atoms with Crippen molar-refractivity contribution >= 4 is 39.8 Å². The van der Waals surface area contributed by atoms with E-state index < -0.39 is 11.9 Å². The minimum Gasteiger partial charge on any atom is -0.478 e. The molecule has 1 aliphatic carbocycles. The molecule has 2 amide bonds. The lowest BCUT2D eigenvalue weighted by atomic mass is 9.95. The molecule has 3 N–H and O–H groups in total. The zero-order valence-corrected chi connectivity index (χ0v) is 14.5. The van der Waals surface area contributed by atoms with Crippen LogP contribution in [0, 0.1) is 0 Å². The van der Waals surface area contributed by atoms with Crippen molar-refractivity contribution in [3.8, 4) is 0 Å². The smallest absolute Gasteiger partial charge is 0.339 e. The average molecular weight is 358 g/mol. The summed E-state index contributed by atoms with van der Waals surface area (Å²) in [7, 11) is 0. The second-order valence-corrected chi connectivity index (χ2v) is 7.04. The van der Waals surface area contributed by atoms with Crippen molar-refractivity contribution in [1.29, 1.82) is 0 Å². The van der Waals surface area contributed by atoms with Crippen LogP contribution in [0.1, 0.15) is 50.9 Å². The van der Waals surface area contributed by atoms with Gasteiger partial charge in [-0.25, -0.2) is 4.79 Å². The molecule has 0 atom stereocenters. The number of carboxylic acids is 1. The van der Waals surface area contributed by atoms with Crippen molar-refractivity contribution in [2.75, 3.05) is 10.6 Å². The summed E-state index contributed by atoms with van der Waals surface area (Å²) in [6.07, 6.45) is 3.60. The zero-order valence-electron chi connectivity index (χ0n) is 13.7. The normalized spacial score (nSPS) is 13.0. The Morgan fingerprint density at radius 2 is 1.88 bits per heavy atom. The predicted molar refractivity (Wildman–Crippen MR) is 96.6 cm³/mol. The van der Waals surface area contributed by atoms with Crippen LogP contribution in [0.15, 0.2) is 24.3 Å². The first-order chi connectivity index (χ1) is 12.0. The van der Waals surface area contributed by atoms with Crippen molar-refractivity contribution in [1.82, 2.24) is 0 Å². The van der Waals surface area contributed by atoms with Crippen molar-refractivity contribution in [3.05, 3.63) is 45.8 Å². The fourth-order valence-corrected chi connectivity index (χ4v) is 4.27. The maximum absolute atomic E-state index is 12.5. The van der Waals surface area contributed by atoms with E-state index in [1.165, 1.54) is 18.3 Å². The maximum atomic E-state index is 12.5. The summed E-state index contributed by atoms with van der Waals surface area (Å²) >= 11 is 1.35. The van der Waals surface area contributed by atoms with Gasteiger partial charge in [-0.1, -0.05) is 6.07 Å². The lowest BCUT2D eigenvalue weighted by Crippen LogP contribution is -2.15. The van der Waals surface area contributed by atoms with Gasteiger partial charge < -0.3 is 15.7 Å². The minimum atomic E-state index is -1.01. The molecule has 1 aromatic heterocycles. The minimum absolute atomic E-state index is 0.214. The van der Waals surface area contributed by atoms with E-state index in [9.17, 15) is 19.5 Å². The summed E-state index contributed by atoms with van der Waals surface area (Å²) in [6, 6.07) is 6.53. The van der Waals surface area contributed by atoms with Crippen LogP contribution in [-0.4, -0.2) is 22.9 Å². The van der Waals surface area contributed by atoms with E-state index in [1.807, 2.05) is 0 Å². The van der Waals surface area contributed by atoms with Crippen LogP contribution >= 0.6 is 11.3 Å². The van der Waals surface area contributed by atoms with Gasteiger partial charge in [-0.2, -0.15) is 0 Å². The number of hydrogen-bond donors (Lipinski definition) is 3. The lowest BCUT2D eigenvalue weighted by Gasteiger charge is -2.10. The molecule has 1 heterocycles. The van der Waals surface area contributed by atoms with Gasteiger partial charge in [0.05, 0.1) is 5.56 Å². The van der Waals surface area contributed by atoms with Gasteiger partial charge in [-0.15, -0.1) is 11.3 Å². The number of aryl methyl sites for hydroxylation is 1. The van der Waals surface area contributed by atoms with Crippen LogP contribution in [0.5, 0.6) is 0 Å². The van der Waals surface area contributed by atoms with E-state index in [0.717, 1.165) is 36.1 Å². The highest BCUT2D eigenvalue weighted by Crippen LogP contribution is 2.38. The summed E-state index contributed by atoms with van der Waals surface area (Å²) < 4.78 is 0. The quantitative estimate of drug-likeness (QED) is 0.779. The number of fused-ring (bicyclic) bond motifs is 1. The molecule has 0 unspecified atom stereocenters. The second-order valence-electron chi connectivity index (χ2n) is 5.94. The number of benzene rings is 1. The van der Waals surface area contributed by atoms with Crippen molar-refractivity contribution in [2.24, 2.45) is 0 Å². The molecular formula is C18H18N2O4S. The molecule has 130 valence electrons. The maximum Gasteiger partial charge on any atom is 0.339 e. The molecule has 0 saturated carbocycles. The molecule has 0 radical (unpaired) electrons. The van der Waals surface area contributed by atoms with E-state index in [2.05, 4.69) is 10.6 Å². The molecule has 0 saturated heterocycles. The summed E-state index contributed by atoms with van der Waals surface area (Å²) in [6.45, 7) is 1.39. The van der Waals surface area contributed by atoms with Gasteiger partial charge in [0.1, 0.15) is 5.00 Å². The number of amides is 2. The topological polar surface area (TPSA) is 95.5 Å². The Bertz CT molecular complexity index is 857. The van der Waals surface area contributed by atoms with Gasteiger partial charge in [-0.3, -0.25) is 9.59 Å². The second kappa shape index (κ2) is 7.06. The molecule has 0 spiro atoms. The summed E-state index contributed by atoms with van der Waals surface area (Å²) in [5, 5.41) is 15.3. The third-order valence-corrected chi connectivity index (χ3v) is 5.26. The number of rotatable bonds is 4. The van der Waals surface area contributed by atoms with E-state index in [1.54, 1.807) is 24.3 Å². The van der Waals surface area contributed by atoms with E-state index in [0.29, 0.717) is 16.3 Å². The van der Waals surface area contributed by atoms with Crippen molar-refractivity contribution in [2.45, 2.75) is 32.6 Å². The summed E-state index contributed by atoms with van der Waals surface area (Å²) in [5.74, 6) is -1.63. The molecule has 1 aromatic carbocycles. The zero-order chi connectivity index (χ0) is 18.0. The predicted octanol–water partition coefficient (Wildman–Crippen LogP) is 3.54. The van der Waals surface area contributed by atoms with Crippen molar-refractivity contribution < 1.29 is 19.5 Å². The van der Waals surface area contributed by atoms with Crippen LogP contribution in [0.25, 0.3) is 0 Å². The Kier molecular flexibility index (Phi) is 4.85. The Morgan fingerprint density at radius 1 is 1.12 bits per heavy atom. The van der Waals surface area contributed by atoms with Crippen molar-refractivity contribution in [3.63, 3.8) is 0 Å². The molecule has 2 aromatic rings. The lowest BCUT2D eigenvalue weighted by molar-refractivity contribution is -0.114. The highest BCUT2D eigenvalue weighted by molar-refractivity contribution is 7.17. The van der Waals surface area contributed by atoms with Crippen LogP contribution in [0.3, 0.4) is 0 Å². The van der Waals surface area contributed by atoms with Gasteiger partial charge in [0.25, 0.3) is 5.91 Å². The van der Waals surface area contributed by atoms with Gasteiger partial charge in [0, 0.05) is 23.1 Å². The van der Waals surface area contributed by atoms with E-state index >= 15 is 0 Å².